The Morgan fingerprint density at radius 3 is 2.20 bits per heavy atom. The van der Waals surface area contributed by atoms with Gasteiger partial charge in [-0.25, -0.2) is 0 Å². The first-order valence-corrected chi connectivity index (χ1v) is 5.64. The molecule has 0 rings (SSSR count). The van der Waals surface area contributed by atoms with Crippen molar-refractivity contribution in [2.24, 2.45) is 0 Å². The van der Waals surface area contributed by atoms with Crippen LogP contribution in [-0.2, 0) is 0 Å². The lowest BCUT2D eigenvalue weighted by molar-refractivity contribution is 0.958. The zero-order chi connectivity index (χ0) is 11.7. The van der Waals surface area contributed by atoms with Crippen LogP contribution in [0.1, 0.15) is 47.0 Å². The predicted octanol–water partition coefficient (Wildman–Crippen LogP) is 5.20. The summed E-state index contributed by atoms with van der Waals surface area (Å²) in [5.41, 5.74) is 4.13. The van der Waals surface area contributed by atoms with E-state index in [0.717, 1.165) is 12.8 Å². The zero-order valence-electron chi connectivity index (χ0n) is 10.6. The number of rotatable bonds is 6. The fourth-order valence-corrected chi connectivity index (χ4v) is 1.22. The van der Waals surface area contributed by atoms with Gasteiger partial charge in [0.15, 0.2) is 0 Å². The molecular weight excluding hydrogens is 180 g/mol. The zero-order valence-corrected chi connectivity index (χ0v) is 10.6. The summed E-state index contributed by atoms with van der Waals surface area (Å²) in [6, 6.07) is 0. The fourth-order valence-electron chi connectivity index (χ4n) is 1.22. The number of allylic oxidation sites excluding steroid dienone is 7. The maximum absolute atomic E-state index is 3.73. The standard InChI is InChI=1S/C15H24/c1-6-14(4)10-8-12-15(5)11-7-9-13(2)3/h6,9-10,12H,1,7-8,11H2,2-5H3/b14-10-,15-12+. The Kier molecular flexibility index (Phi) is 7.71. The first-order chi connectivity index (χ1) is 7.06. The topological polar surface area (TPSA) is 0 Å². The van der Waals surface area contributed by atoms with Crippen LogP contribution in [0.5, 0.6) is 0 Å². The largest absolute Gasteiger partial charge is 0.0988 e. The molecule has 0 aliphatic rings. The molecule has 0 aromatic rings. The van der Waals surface area contributed by atoms with Crippen molar-refractivity contribution in [1.82, 2.24) is 0 Å². The van der Waals surface area contributed by atoms with Crippen molar-refractivity contribution in [2.45, 2.75) is 47.0 Å². The molecule has 0 unspecified atom stereocenters. The Morgan fingerprint density at radius 2 is 1.67 bits per heavy atom. The lowest BCUT2D eigenvalue weighted by atomic mass is 10.1. The molecule has 0 aliphatic heterocycles. The molecule has 0 saturated heterocycles. The van der Waals surface area contributed by atoms with Crippen molar-refractivity contribution in [3.05, 3.63) is 47.6 Å². The molecule has 0 heterocycles. The molecule has 0 N–H and O–H groups in total. The van der Waals surface area contributed by atoms with E-state index in [1.165, 1.54) is 23.1 Å². The lowest BCUT2D eigenvalue weighted by Crippen LogP contribution is -1.77. The van der Waals surface area contributed by atoms with Crippen LogP contribution < -0.4 is 0 Å². The van der Waals surface area contributed by atoms with Crippen molar-refractivity contribution in [2.75, 3.05) is 0 Å². The molecule has 0 bridgehead atoms. The van der Waals surface area contributed by atoms with Crippen LogP contribution in [-0.4, -0.2) is 0 Å². The SMILES string of the molecule is C=C/C(C)=C\C/C=C(\C)CCC=C(C)C. The normalized spacial score (nSPS) is 12.5. The van der Waals surface area contributed by atoms with E-state index in [9.17, 15) is 0 Å². The van der Waals surface area contributed by atoms with E-state index in [-0.39, 0.29) is 0 Å². The number of hydrogen-bond donors (Lipinski definition) is 0. The molecule has 0 aromatic heterocycles. The van der Waals surface area contributed by atoms with Gasteiger partial charge in [-0.05, 0) is 47.0 Å². The Labute approximate surface area is 95.1 Å². The highest BCUT2D eigenvalue weighted by Gasteiger charge is 1.88. The van der Waals surface area contributed by atoms with Gasteiger partial charge in [0.1, 0.15) is 0 Å². The van der Waals surface area contributed by atoms with E-state index in [1.54, 1.807) is 0 Å². The lowest BCUT2D eigenvalue weighted by Gasteiger charge is -1.98. The molecule has 0 aliphatic carbocycles. The van der Waals surface area contributed by atoms with Gasteiger partial charge < -0.3 is 0 Å². The third-order valence-electron chi connectivity index (χ3n) is 2.32. The van der Waals surface area contributed by atoms with Crippen LogP contribution in [0, 0.1) is 0 Å². The highest BCUT2D eigenvalue weighted by Crippen LogP contribution is 2.08. The predicted molar refractivity (Wildman–Crippen MR) is 71.0 cm³/mol. The van der Waals surface area contributed by atoms with E-state index in [4.69, 9.17) is 0 Å². The molecule has 0 radical (unpaired) electrons. The van der Waals surface area contributed by atoms with Gasteiger partial charge in [0.2, 0.25) is 0 Å². The summed E-state index contributed by atoms with van der Waals surface area (Å²) in [4.78, 5) is 0. The van der Waals surface area contributed by atoms with E-state index in [0.29, 0.717) is 0 Å². The summed E-state index contributed by atoms with van der Waals surface area (Å²) in [5.74, 6) is 0. The Morgan fingerprint density at radius 1 is 1.00 bits per heavy atom. The number of hydrogen-bond acceptors (Lipinski definition) is 0. The second kappa shape index (κ2) is 8.28. The summed E-state index contributed by atoms with van der Waals surface area (Å²) >= 11 is 0. The molecule has 0 heteroatoms. The van der Waals surface area contributed by atoms with Crippen LogP contribution >= 0.6 is 0 Å². The van der Waals surface area contributed by atoms with Gasteiger partial charge in [0.05, 0.1) is 0 Å². The summed E-state index contributed by atoms with van der Waals surface area (Å²) in [6.07, 6.45) is 12.1. The maximum atomic E-state index is 3.73. The molecular formula is C15H24. The Balaban J connectivity index is 3.89. The molecule has 0 atom stereocenters. The van der Waals surface area contributed by atoms with Gasteiger partial charge in [-0.1, -0.05) is 47.6 Å². The van der Waals surface area contributed by atoms with Gasteiger partial charge in [-0.15, -0.1) is 0 Å². The van der Waals surface area contributed by atoms with E-state index in [1.807, 2.05) is 6.08 Å². The molecule has 0 spiro atoms. The quantitative estimate of drug-likeness (QED) is 0.412. The van der Waals surface area contributed by atoms with Gasteiger partial charge in [0.25, 0.3) is 0 Å². The molecule has 0 saturated carbocycles. The average Bonchev–Trinajstić information content (AvgIpc) is 2.17. The average molecular weight is 204 g/mol. The van der Waals surface area contributed by atoms with Gasteiger partial charge in [0, 0.05) is 0 Å². The highest BCUT2D eigenvalue weighted by molar-refractivity contribution is 5.15. The van der Waals surface area contributed by atoms with Gasteiger partial charge in [-0.3, -0.25) is 0 Å². The van der Waals surface area contributed by atoms with Crippen LogP contribution in [0.2, 0.25) is 0 Å². The highest BCUT2D eigenvalue weighted by atomic mass is 13.9. The smallest absolute Gasteiger partial charge is 0.0161 e. The summed E-state index contributed by atoms with van der Waals surface area (Å²) in [5, 5.41) is 0. The van der Waals surface area contributed by atoms with Crippen molar-refractivity contribution in [3.8, 4) is 0 Å². The van der Waals surface area contributed by atoms with Crippen molar-refractivity contribution >= 4 is 0 Å². The molecule has 0 amide bonds. The van der Waals surface area contributed by atoms with E-state index < -0.39 is 0 Å². The summed E-state index contributed by atoms with van der Waals surface area (Å²) in [6.45, 7) is 12.3. The van der Waals surface area contributed by atoms with E-state index in [2.05, 4.69) is 52.5 Å². The fraction of sp³-hybridized carbons (Fsp3) is 0.467. The summed E-state index contributed by atoms with van der Waals surface area (Å²) in [7, 11) is 0. The Hall–Kier alpha value is -1.04. The molecule has 0 fully saturated rings. The van der Waals surface area contributed by atoms with Crippen LogP contribution in [0.3, 0.4) is 0 Å². The monoisotopic (exact) mass is 204 g/mol. The Bertz CT molecular complexity index is 270. The molecule has 0 nitrogen and oxygen atoms in total. The van der Waals surface area contributed by atoms with Crippen LogP contribution in [0.4, 0.5) is 0 Å². The third kappa shape index (κ3) is 9.27. The van der Waals surface area contributed by atoms with E-state index >= 15 is 0 Å². The van der Waals surface area contributed by atoms with Crippen molar-refractivity contribution < 1.29 is 0 Å². The van der Waals surface area contributed by atoms with Crippen LogP contribution in [0.15, 0.2) is 47.6 Å². The van der Waals surface area contributed by atoms with Crippen LogP contribution in [0.25, 0.3) is 0 Å². The van der Waals surface area contributed by atoms with Crippen molar-refractivity contribution in [1.29, 1.82) is 0 Å². The van der Waals surface area contributed by atoms with Crippen molar-refractivity contribution in [3.63, 3.8) is 0 Å². The minimum Gasteiger partial charge on any atom is -0.0988 e. The van der Waals surface area contributed by atoms with Gasteiger partial charge >= 0.3 is 0 Å². The second-order valence-electron chi connectivity index (χ2n) is 4.26. The molecule has 15 heavy (non-hydrogen) atoms. The summed E-state index contributed by atoms with van der Waals surface area (Å²) < 4.78 is 0. The molecule has 0 aromatic carbocycles. The maximum Gasteiger partial charge on any atom is -0.0161 e. The van der Waals surface area contributed by atoms with Gasteiger partial charge in [-0.2, -0.15) is 0 Å². The third-order valence-corrected chi connectivity index (χ3v) is 2.32. The minimum atomic E-state index is 1.03. The first kappa shape index (κ1) is 14.0. The molecule has 84 valence electrons. The first-order valence-electron chi connectivity index (χ1n) is 5.64. The second-order valence-corrected chi connectivity index (χ2v) is 4.26. The minimum absolute atomic E-state index is 1.03.